The third-order valence-corrected chi connectivity index (χ3v) is 4.10. The molecule has 1 aromatic heterocycles. The van der Waals surface area contributed by atoms with Crippen LogP contribution in [0, 0.1) is 13.8 Å². The number of fused-ring (bicyclic) bond motifs is 1. The lowest BCUT2D eigenvalue weighted by Gasteiger charge is -2.11. The van der Waals surface area contributed by atoms with E-state index in [0.29, 0.717) is 17.7 Å². The van der Waals surface area contributed by atoms with E-state index >= 15 is 0 Å². The van der Waals surface area contributed by atoms with Crippen molar-refractivity contribution >= 4 is 16.9 Å². The van der Waals surface area contributed by atoms with Crippen molar-refractivity contribution in [2.24, 2.45) is 0 Å². The molecule has 0 saturated heterocycles. The number of carbonyl (C=O) groups is 1. The first-order chi connectivity index (χ1) is 12.0. The first-order valence-electron chi connectivity index (χ1n) is 8.38. The number of nitrogens with zero attached hydrogens (tertiary/aromatic N) is 1. The second-order valence-corrected chi connectivity index (χ2v) is 6.21. The van der Waals surface area contributed by atoms with E-state index < -0.39 is 5.97 Å². The van der Waals surface area contributed by atoms with Gasteiger partial charge in [-0.3, -0.25) is 0 Å². The summed E-state index contributed by atoms with van der Waals surface area (Å²) in [6, 6.07) is 13.1. The molecule has 4 heteroatoms. The molecule has 128 valence electrons. The van der Waals surface area contributed by atoms with Gasteiger partial charge in [-0.25, -0.2) is 9.78 Å². The Hall–Kier alpha value is -2.88. The van der Waals surface area contributed by atoms with Crippen LogP contribution in [0.5, 0.6) is 5.75 Å². The molecule has 25 heavy (non-hydrogen) atoms. The number of carboxylic acids is 1. The molecule has 0 bridgehead atoms. The number of hydrogen-bond donors (Lipinski definition) is 1. The summed E-state index contributed by atoms with van der Waals surface area (Å²) in [5.41, 5.74) is 4.53. The summed E-state index contributed by atoms with van der Waals surface area (Å²) in [4.78, 5) is 16.5. The van der Waals surface area contributed by atoms with Crippen molar-refractivity contribution < 1.29 is 14.6 Å². The molecule has 1 heterocycles. The Morgan fingerprint density at radius 1 is 1.12 bits per heavy atom. The Bertz CT molecular complexity index is 930. The molecule has 0 radical (unpaired) electrons. The Morgan fingerprint density at radius 2 is 1.84 bits per heavy atom. The number of aryl methyl sites for hydroxylation is 2. The molecule has 3 aromatic rings. The van der Waals surface area contributed by atoms with Gasteiger partial charge in [0.05, 0.1) is 23.4 Å². The minimum Gasteiger partial charge on any atom is -0.494 e. The SMILES string of the molecule is CCCOc1ccc(-c2cc(C(=O)O)c3cc(C)cc(C)c3n2)cc1. The fourth-order valence-corrected chi connectivity index (χ4v) is 2.95. The van der Waals surface area contributed by atoms with Crippen molar-refractivity contribution in [3.63, 3.8) is 0 Å². The van der Waals surface area contributed by atoms with Gasteiger partial charge >= 0.3 is 5.97 Å². The smallest absolute Gasteiger partial charge is 0.336 e. The average molecular weight is 335 g/mol. The van der Waals surface area contributed by atoms with Gasteiger partial charge in [-0.05, 0) is 62.2 Å². The van der Waals surface area contributed by atoms with Gasteiger partial charge in [0, 0.05) is 10.9 Å². The van der Waals surface area contributed by atoms with Crippen LogP contribution < -0.4 is 4.74 Å². The number of aromatic nitrogens is 1. The highest BCUT2D eigenvalue weighted by molar-refractivity contribution is 6.04. The fourth-order valence-electron chi connectivity index (χ4n) is 2.95. The average Bonchev–Trinajstić information content (AvgIpc) is 2.59. The van der Waals surface area contributed by atoms with Crippen molar-refractivity contribution in [3.8, 4) is 17.0 Å². The number of ether oxygens (including phenoxy) is 1. The van der Waals surface area contributed by atoms with E-state index in [1.54, 1.807) is 6.07 Å². The molecule has 3 rings (SSSR count). The van der Waals surface area contributed by atoms with Gasteiger partial charge in [0.15, 0.2) is 0 Å². The zero-order valence-corrected chi connectivity index (χ0v) is 14.7. The van der Waals surface area contributed by atoms with E-state index in [0.717, 1.165) is 34.4 Å². The van der Waals surface area contributed by atoms with E-state index in [1.807, 2.05) is 50.2 Å². The molecular formula is C21H21NO3. The zero-order valence-electron chi connectivity index (χ0n) is 14.7. The molecule has 0 atom stereocenters. The van der Waals surface area contributed by atoms with Gasteiger partial charge in [-0.15, -0.1) is 0 Å². The molecule has 0 aliphatic heterocycles. The molecule has 0 spiro atoms. The van der Waals surface area contributed by atoms with Crippen molar-refractivity contribution in [2.75, 3.05) is 6.61 Å². The van der Waals surface area contributed by atoms with Crippen LogP contribution in [0.25, 0.3) is 22.2 Å². The second-order valence-electron chi connectivity index (χ2n) is 6.21. The van der Waals surface area contributed by atoms with Crippen LogP contribution in [0.3, 0.4) is 0 Å². The summed E-state index contributed by atoms with van der Waals surface area (Å²) < 4.78 is 5.60. The van der Waals surface area contributed by atoms with Crippen LogP contribution in [0.15, 0.2) is 42.5 Å². The molecule has 0 aliphatic rings. The number of hydrogen-bond acceptors (Lipinski definition) is 3. The van der Waals surface area contributed by atoms with E-state index in [1.165, 1.54) is 0 Å². The summed E-state index contributed by atoms with van der Waals surface area (Å²) in [6.45, 7) is 6.65. The number of pyridine rings is 1. The lowest BCUT2D eigenvalue weighted by atomic mass is 10.00. The second kappa shape index (κ2) is 6.93. The highest BCUT2D eigenvalue weighted by Gasteiger charge is 2.15. The summed E-state index contributed by atoms with van der Waals surface area (Å²) in [7, 11) is 0. The Morgan fingerprint density at radius 3 is 2.48 bits per heavy atom. The van der Waals surface area contributed by atoms with Crippen molar-refractivity contribution in [2.45, 2.75) is 27.2 Å². The van der Waals surface area contributed by atoms with Crippen LogP contribution >= 0.6 is 0 Å². The van der Waals surface area contributed by atoms with Crippen molar-refractivity contribution in [3.05, 3.63) is 59.2 Å². The summed E-state index contributed by atoms with van der Waals surface area (Å²) >= 11 is 0. The Kier molecular flexibility index (Phi) is 4.70. The minimum absolute atomic E-state index is 0.276. The molecule has 4 nitrogen and oxygen atoms in total. The largest absolute Gasteiger partial charge is 0.494 e. The van der Waals surface area contributed by atoms with Crippen LogP contribution in [0.2, 0.25) is 0 Å². The zero-order chi connectivity index (χ0) is 18.0. The van der Waals surface area contributed by atoms with Crippen LogP contribution in [-0.4, -0.2) is 22.7 Å². The molecule has 0 unspecified atom stereocenters. The molecular weight excluding hydrogens is 314 g/mol. The van der Waals surface area contributed by atoms with Gasteiger partial charge in [0.1, 0.15) is 5.75 Å². The van der Waals surface area contributed by atoms with Crippen LogP contribution in [0.1, 0.15) is 34.8 Å². The van der Waals surface area contributed by atoms with E-state index in [2.05, 4.69) is 6.92 Å². The first-order valence-corrected chi connectivity index (χ1v) is 8.38. The highest BCUT2D eigenvalue weighted by Crippen LogP contribution is 2.29. The highest BCUT2D eigenvalue weighted by atomic mass is 16.5. The summed E-state index contributed by atoms with van der Waals surface area (Å²) in [6.07, 6.45) is 0.953. The van der Waals surface area contributed by atoms with Gasteiger partial charge in [0.25, 0.3) is 0 Å². The van der Waals surface area contributed by atoms with Gasteiger partial charge in [-0.2, -0.15) is 0 Å². The van der Waals surface area contributed by atoms with Crippen molar-refractivity contribution in [1.82, 2.24) is 4.98 Å². The van der Waals surface area contributed by atoms with Crippen molar-refractivity contribution in [1.29, 1.82) is 0 Å². The standard InChI is InChI=1S/C21H21NO3/c1-4-9-25-16-7-5-15(6-8-16)19-12-18(21(23)24)17-11-13(2)10-14(3)20(17)22-19/h5-8,10-12H,4,9H2,1-3H3,(H,23,24). The topological polar surface area (TPSA) is 59.4 Å². The van der Waals surface area contributed by atoms with Gasteiger partial charge in [0.2, 0.25) is 0 Å². The summed E-state index contributed by atoms with van der Waals surface area (Å²) in [5.74, 6) is -0.141. The first kappa shape index (κ1) is 17.0. The van der Waals surface area contributed by atoms with E-state index in [-0.39, 0.29) is 5.56 Å². The number of aromatic carboxylic acids is 1. The Balaban J connectivity index is 2.12. The summed E-state index contributed by atoms with van der Waals surface area (Å²) in [5, 5.41) is 10.3. The maximum Gasteiger partial charge on any atom is 0.336 e. The minimum atomic E-state index is -0.943. The maximum absolute atomic E-state index is 11.7. The Labute approximate surface area is 147 Å². The lowest BCUT2D eigenvalue weighted by molar-refractivity contribution is 0.0699. The van der Waals surface area contributed by atoms with Gasteiger partial charge in [-0.1, -0.05) is 18.6 Å². The molecule has 0 amide bonds. The molecule has 0 saturated carbocycles. The number of benzene rings is 2. The maximum atomic E-state index is 11.7. The third kappa shape index (κ3) is 3.48. The monoisotopic (exact) mass is 335 g/mol. The fraction of sp³-hybridized carbons (Fsp3) is 0.238. The van der Waals surface area contributed by atoms with Crippen LogP contribution in [0.4, 0.5) is 0 Å². The van der Waals surface area contributed by atoms with E-state index in [4.69, 9.17) is 9.72 Å². The predicted octanol–water partition coefficient (Wildman–Crippen LogP) is 5.01. The molecule has 1 N–H and O–H groups in total. The molecule has 0 aliphatic carbocycles. The number of carboxylic acid groups (broad SMARTS) is 1. The van der Waals surface area contributed by atoms with Gasteiger partial charge < -0.3 is 9.84 Å². The normalized spacial score (nSPS) is 10.8. The lowest BCUT2D eigenvalue weighted by Crippen LogP contribution is -2.02. The predicted molar refractivity (Wildman–Crippen MR) is 99.4 cm³/mol. The molecule has 0 fully saturated rings. The third-order valence-electron chi connectivity index (χ3n) is 4.10. The quantitative estimate of drug-likeness (QED) is 0.712. The number of rotatable bonds is 5. The van der Waals surface area contributed by atoms with Crippen LogP contribution in [-0.2, 0) is 0 Å². The van der Waals surface area contributed by atoms with E-state index in [9.17, 15) is 9.90 Å². The molecule has 2 aromatic carbocycles.